The van der Waals surface area contributed by atoms with Gasteiger partial charge in [0, 0.05) is 29.6 Å². The molecule has 1 amide bonds. The number of amides is 1. The summed E-state index contributed by atoms with van der Waals surface area (Å²) in [4.78, 5) is 13.7. The highest BCUT2D eigenvalue weighted by Crippen LogP contribution is 2.41. The van der Waals surface area contributed by atoms with E-state index in [1.165, 1.54) is 16.9 Å². The number of primary amides is 1. The molecule has 5 nitrogen and oxygen atoms in total. The lowest BCUT2D eigenvalue weighted by molar-refractivity contribution is 0.100. The summed E-state index contributed by atoms with van der Waals surface area (Å²) < 4.78 is 1.82. The van der Waals surface area contributed by atoms with Gasteiger partial charge in [-0.15, -0.1) is 11.3 Å². The van der Waals surface area contributed by atoms with E-state index < -0.39 is 5.91 Å². The van der Waals surface area contributed by atoms with E-state index in [9.17, 15) is 4.79 Å². The van der Waals surface area contributed by atoms with E-state index in [1.807, 2.05) is 42.9 Å². The van der Waals surface area contributed by atoms with Crippen LogP contribution in [0.3, 0.4) is 0 Å². The average Bonchev–Trinajstić information content (AvgIpc) is 3.16. The Morgan fingerprint density at radius 1 is 1.28 bits per heavy atom. The Labute approximate surface area is 151 Å². The second kappa shape index (κ2) is 7.21. The number of carbonyl (C=O) groups is 1. The third kappa shape index (κ3) is 3.36. The SMILES string of the molecule is Cc1sc(C(N)=O)c(C(CN)Cc2ccccc2)c1-c1ccnn1C. The summed E-state index contributed by atoms with van der Waals surface area (Å²) >= 11 is 1.44. The van der Waals surface area contributed by atoms with E-state index in [0.717, 1.165) is 28.1 Å². The zero-order chi connectivity index (χ0) is 18.0. The number of thiophene rings is 1. The lowest BCUT2D eigenvalue weighted by Gasteiger charge is -2.18. The fourth-order valence-electron chi connectivity index (χ4n) is 3.27. The topological polar surface area (TPSA) is 86.9 Å². The van der Waals surface area contributed by atoms with Crippen molar-refractivity contribution < 1.29 is 4.79 Å². The fourth-order valence-corrected chi connectivity index (χ4v) is 4.38. The normalized spacial score (nSPS) is 12.3. The number of nitrogens with zero attached hydrogens (tertiary/aromatic N) is 2. The first-order valence-electron chi connectivity index (χ1n) is 8.18. The number of benzene rings is 1. The number of hydrogen-bond acceptors (Lipinski definition) is 4. The van der Waals surface area contributed by atoms with E-state index in [-0.39, 0.29) is 5.92 Å². The van der Waals surface area contributed by atoms with Crippen LogP contribution in [0.15, 0.2) is 42.6 Å². The highest BCUT2D eigenvalue weighted by atomic mass is 32.1. The second-order valence-electron chi connectivity index (χ2n) is 6.10. The van der Waals surface area contributed by atoms with Crippen molar-refractivity contribution in [2.24, 2.45) is 18.5 Å². The summed E-state index contributed by atoms with van der Waals surface area (Å²) in [5.74, 6) is -0.386. The average molecular weight is 354 g/mol. The van der Waals surface area contributed by atoms with E-state index >= 15 is 0 Å². The third-order valence-corrected chi connectivity index (χ3v) is 5.58. The van der Waals surface area contributed by atoms with Crippen molar-refractivity contribution in [2.45, 2.75) is 19.3 Å². The summed E-state index contributed by atoms with van der Waals surface area (Å²) in [6.45, 7) is 2.45. The Hall–Kier alpha value is -2.44. The molecule has 0 fully saturated rings. The van der Waals surface area contributed by atoms with Crippen molar-refractivity contribution in [3.05, 3.63) is 63.5 Å². The van der Waals surface area contributed by atoms with Crippen molar-refractivity contribution in [3.63, 3.8) is 0 Å². The first-order chi connectivity index (χ1) is 12.0. The molecule has 130 valence electrons. The van der Waals surface area contributed by atoms with Crippen LogP contribution in [0, 0.1) is 6.92 Å². The van der Waals surface area contributed by atoms with Crippen LogP contribution in [0.4, 0.5) is 0 Å². The number of aryl methyl sites for hydroxylation is 2. The molecule has 0 aliphatic heterocycles. The van der Waals surface area contributed by atoms with Gasteiger partial charge in [0.15, 0.2) is 0 Å². The van der Waals surface area contributed by atoms with Gasteiger partial charge >= 0.3 is 0 Å². The molecule has 0 saturated heterocycles. The molecule has 0 aliphatic rings. The van der Waals surface area contributed by atoms with Gasteiger partial charge in [0.05, 0.1) is 10.6 Å². The highest BCUT2D eigenvalue weighted by Gasteiger charge is 2.27. The van der Waals surface area contributed by atoms with Gasteiger partial charge in [-0.05, 0) is 37.1 Å². The van der Waals surface area contributed by atoms with E-state index in [2.05, 4.69) is 17.2 Å². The van der Waals surface area contributed by atoms with Gasteiger partial charge in [-0.3, -0.25) is 9.48 Å². The molecular weight excluding hydrogens is 332 g/mol. The van der Waals surface area contributed by atoms with E-state index in [4.69, 9.17) is 11.5 Å². The maximum atomic E-state index is 12.1. The molecular formula is C19H22N4OS. The van der Waals surface area contributed by atoms with Crippen LogP contribution in [0.25, 0.3) is 11.3 Å². The molecule has 1 atom stereocenters. The Balaban J connectivity index is 2.15. The first-order valence-corrected chi connectivity index (χ1v) is 9.00. The minimum atomic E-state index is -0.400. The maximum Gasteiger partial charge on any atom is 0.259 e. The Morgan fingerprint density at radius 3 is 2.56 bits per heavy atom. The minimum absolute atomic E-state index is 0.0137. The molecule has 0 spiro atoms. The van der Waals surface area contributed by atoms with Gasteiger partial charge < -0.3 is 11.5 Å². The number of aromatic nitrogens is 2. The Morgan fingerprint density at radius 2 is 2.00 bits per heavy atom. The van der Waals surface area contributed by atoms with Crippen LogP contribution in [0.2, 0.25) is 0 Å². The van der Waals surface area contributed by atoms with Crippen LogP contribution >= 0.6 is 11.3 Å². The smallest absolute Gasteiger partial charge is 0.259 e. The zero-order valence-electron chi connectivity index (χ0n) is 14.4. The molecule has 0 radical (unpaired) electrons. The van der Waals surface area contributed by atoms with Crippen LogP contribution in [-0.4, -0.2) is 22.2 Å². The zero-order valence-corrected chi connectivity index (χ0v) is 15.2. The molecule has 3 rings (SSSR count). The number of carbonyl (C=O) groups excluding carboxylic acids is 1. The van der Waals surface area contributed by atoms with Gasteiger partial charge in [0.25, 0.3) is 5.91 Å². The van der Waals surface area contributed by atoms with Crippen molar-refractivity contribution in [2.75, 3.05) is 6.54 Å². The molecule has 0 saturated carbocycles. The van der Waals surface area contributed by atoms with Gasteiger partial charge in [-0.2, -0.15) is 5.10 Å². The molecule has 0 bridgehead atoms. The van der Waals surface area contributed by atoms with Crippen LogP contribution in [0.5, 0.6) is 0 Å². The molecule has 6 heteroatoms. The standard InChI is InChI=1S/C19H22N4OS/c1-12-16(15-8-9-22-23(15)2)17(18(25-12)19(21)24)14(11-20)10-13-6-4-3-5-7-13/h3-9,14H,10-11,20H2,1-2H3,(H2,21,24). The largest absolute Gasteiger partial charge is 0.365 e. The molecule has 1 unspecified atom stereocenters. The lowest BCUT2D eigenvalue weighted by atomic mass is 9.87. The molecule has 25 heavy (non-hydrogen) atoms. The van der Waals surface area contributed by atoms with Gasteiger partial charge in [-0.25, -0.2) is 0 Å². The number of rotatable bonds is 6. The quantitative estimate of drug-likeness (QED) is 0.713. The summed E-state index contributed by atoms with van der Waals surface area (Å²) in [7, 11) is 1.90. The summed E-state index contributed by atoms with van der Waals surface area (Å²) in [5, 5.41) is 4.27. The van der Waals surface area contributed by atoms with Crippen LogP contribution < -0.4 is 11.5 Å². The van der Waals surface area contributed by atoms with Crippen LogP contribution in [-0.2, 0) is 13.5 Å². The monoisotopic (exact) mass is 354 g/mol. The molecule has 2 heterocycles. The lowest BCUT2D eigenvalue weighted by Crippen LogP contribution is -2.20. The summed E-state index contributed by atoms with van der Waals surface area (Å²) in [5.41, 5.74) is 15.9. The van der Waals surface area contributed by atoms with E-state index in [1.54, 1.807) is 6.20 Å². The minimum Gasteiger partial charge on any atom is -0.365 e. The second-order valence-corrected chi connectivity index (χ2v) is 7.33. The van der Waals surface area contributed by atoms with Crippen molar-refractivity contribution in [1.82, 2.24) is 9.78 Å². The first kappa shape index (κ1) is 17.4. The number of hydrogen-bond donors (Lipinski definition) is 2. The van der Waals surface area contributed by atoms with Gasteiger partial charge in [0.1, 0.15) is 0 Å². The number of nitrogens with two attached hydrogens (primary N) is 2. The predicted molar refractivity (Wildman–Crippen MR) is 102 cm³/mol. The van der Waals surface area contributed by atoms with E-state index in [0.29, 0.717) is 11.4 Å². The summed E-state index contributed by atoms with van der Waals surface area (Å²) in [6, 6.07) is 12.1. The third-order valence-electron chi connectivity index (χ3n) is 4.44. The predicted octanol–water partition coefficient (Wildman–Crippen LogP) is 2.84. The van der Waals surface area contributed by atoms with Crippen LogP contribution in [0.1, 0.15) is 31.6 Å². The maximum absolute atomic E-state index is 12.1. The van der Waals surface area contributed by atoms with Gasteiger partial charge in [-0.1, -0.05) is 30.3 Å². The highest BCUT2D eigenvalue weighted by molar-refractivity contribution is 7.14. The van der Waals surface area contributed by atoms with Crippen molar-refractivity contribution >= 4 is 17.2 Å². The Bertz CT molecular complexity index is 882. The van der Waals surface area contributed by atoms with Crippen molar-refractivity contribution in [3.8, 4) is 11.3 Å². The Kier molecular flexibility index (Phi) is 5.01. The molecule has 2 aromatic heterocycles. The molecule has 1 aromatic carbocycles. The van der Waals surface area contributed by atoms with Gasteiger partial charge in [0.2, 0.25) is 0 Å². The van der Waals surface area contributed by atoms with Crippen molar-refractivity contribution in [1.29, 1.82) is 0 Å². The molecule has 3 aromatic rings. The molecule has 0 aliphatic carbocycles. The summed E-state index contributed by atoms with van der Waals surface area (Å²) in [6.07, 6.45) is 2.52. The fraction of sp³-hybridized carbons (Fsp3) is 0.263. The molecule has 4 N–H and O–H groups in total.